The number of anilines is 1. The second-order valence-corrected chi connectivity index (χ2v) is 8.51. The Morgan fingerprint density at radius 2 is 1.78 bits per heavy atom. The van der Waals surface area contributed by atoms with Crippen LogP contribution in [0.15, 0.2) is 24.3 Å². The van der Waals surface area contributed by atoms with E-state index in [1.807, 2.05) is 0 Å². The first-order valence-corrected chi connectivity index (χ1v) is 9.96. The molecule has 0 unspecified atom stereocenters. The van der Waals surface area contributed by atoms with E-state index >= 15 is 0 Å². The molecule has 1 fully saturated rings. The zero-order valence-electron chi connectivity index (χ0n) is 13.7. The van der Waals surface area contributed by atoms with E-state index in [1.54, 1.807) is 36.1 Å². The zero-order valence-corrected chi connectivity index (χ0v) is 15.3. The van der Waals surface area contributed by atoms with E-state index < -0.39 is 16.1 Å². The van der Waals surface area contributed by atoms with Crippen LogP contribution in [0.3, 0.4) is 0 Å². The lowest BCUT2D eigenvalue weighted by Crippen LogP contribution is -2.51. The predicted octanol–water partition coefficient (Wildman–Crippen LogP) is 2.75. The summed E-state index contributed by atoms with van der Waals surface area (Å²) in [6, 6.07) is 5.69. The van der Waals surface area contributed by atoms with E-state index in [0.29, 0.717) is 29.7 Å². The van der Waals surface area contributed by atoms with Crippen LogP contribution in [0.4, 0.5) is 5.69 Å². The smallest absolute Gasteiger partial charge is 0.246 e. The van der Waals surface area contributed by atoms with Gasteiger partial charge in [0.1, 0.15) is 6.04 Å². The quantitative estimate of drug-likeness (QED) is 0.831. The number of halogens is 1. The third kappa shape index (κ3) is 4.38. The molecule has 2 rings (SSSR count). The van der Waals surface area contributed by atoms with Gasteiger partial charge in [0.15, 0.2) is 0 Å². The van der Waals surface area contributed by atoms with Crippen LogP contribution in [0.5, 0.6) is 0 Å². The predicted molar refractivity (Wildman–Crippen MR) is 93.2 cm³/mol. The van der Waals surface area contributed by atoms with Crippen LogP contribution in [-0.4, -0.2) is 44.6 Å². The molecule has 7 heteroatoms. The van der Waals surface area contributed by atoms with Gasteiger partial charge in [0.25, 0.3) is 0 Å². The SMILES string of the molecule is CC1CCN(C(=O)[C@H](C)N(c2ccc(Cl)cc2)S(C)(=O)=O)CC1. The van der Waals surface area contributed by atoms with E-state index in [9.17, 15) is 13.2 Å². The van der Waals surface area contributed by atoms with Gasteiger partial charge in [-0.15, -0.1) is 0 Å². The normalized spacial score (nSPS) is 17.8. The van der Waals surface area contributed by atoms with Crippen molar-refractivity contribution in [2.45, 2.75) is 32.7 Å². The lowest BCUT2D eigenvalue weighted by atomic mass is 9.99. The van der Waals surface area contributed by atoms with Crippen molar-refractivity contribution in [3.63, 3.8) is 0 Å². The van der Waals surface area contributed by atoms with Gasteiger partial charge in [-0.2, -0.15) is 0 Å². The minimum Gasteiger partial charge on any atom is -0.341 e. The number of carbonyl (C=O) groups excluding carboxylic acids is 1. The van der Waals surface area contributed by atoms with Gasteiger partial charge < -0.3 is 4.90 Å². The van der Waals surface area contributed by atoms with Gasteiger partial charge >= 0.3 is 0 Å². The maximum absolute atomic E-state index is 12.7. The van der Waals surface area contributed by atoms with E-state index in [2.05, 4.69) is 6.92 Å². The highest BCUT2D eigenvalue weighted by Gasteiger charge is 2.33. The molecular weight excluding hydrogens is 336 g/mol. The molecule has 1 amide bonds. The molecule has 0 aliphatic carbocycles. The minimum absolute atomic E-state index is 0.155. The van der Waals surface area contributed by atoms with Crippen LogP contribution in [0.2, 0.25) is 5.02 Å². The van der Waals surface area contributed by atoms with Gasteiger partial charge in [-0.25, -0.2) is 8.42 Å². The van der Waals surface area contributed by atoms with Gasteiger partial charge in [0.2, 0.25) is 15.9 Å². The van der Waals surface area contributed by atoms with Gasteiger partial charge in [-0.3, -0.25) is 9.10 Å². The van der Waals surface area contributed by atoms with E-state index in [4.69, 9.17) is 11.6 Å². The first-order valence-electron chi connectivity index (χ1n) is 7.74. The molecule has 0 saturated carbocycles. The Morgan fingerprint density at radius 1 is 1.26 bits per heavy atom. The van der Waals surface area contributed by atoms with Crippen LogP contribution in [-0.2, 0) is 14.8 Å². The van der Waals surface area contributed by atoms with Crippen LogP contribution >= 0.6 is 11.6 Å². The Hall–Kier alpha value is -1.27. The highest BCUT2D eigenvalue weighted by molar-refractivity contribution is 7.92. The van der Waals surface area contributed by atoms with Gasteiger partial charge in [0.05, 0.1) is 11.9 Å². The topological polar surface area (TPSA) is 57.7 Å². The first kappa shape index (κ1) is 18.1. The summed E-state index contributed by atoms with van der Waals surface area (Å²) < 4.78 is 25.6. The summed E-state index contributed by atoms with van der Waals surface area (Å²) >= 11 is 5.86. The fraction of sp³-hybridized carbons (Fsp3) is 0.562. The third-order valence-corrected chi connectivity index (χ3v) is 5.74. The highest BCUT2D eigenvalue weighted by Crippen LogP contribution is 2.25. The van der Waals surface area contributed by atoms with Crippen molar-refractivity contribution in [3.8, 4) is 0 Å². The number of hydrogen-bond donors (Lipinski definition) is 0. The molecule has 5 nitrogen and oxygen atoms in total. The number of hydrogen-bond acceptors (Lipinski definition) is 3. The Bertz CT molecular complexity index is 652. The fourth-order valence-electron chi connectivity index (χ4n) is 2.88. The number of carbonyl (C=O) groups is 1. The van der Waals surface area contributed by atoms with Crippen molar-refractivity contribution in [1.82, 2.24) is 4.90 Å². The molecule has 23 heavy (non-hydrogen) atoms. The molecule has 0 radical (unpaired) electrons. The van der Waals surface area contributed by atoms with Crippen molar-refractivity contribution in [1.29, 1.82) is 0 Å². The molecule has 0 bridgehead atoms. The summed E-state index contributed by atoms with van der Waals surface area (Å²) in [5, 5.41) is 0.520. The summed E-state index contributed by atoms with van der Waals surface area (Å²) in [5.41, 5.74) is 0.447. The molecule has 1 heterocycles. The van der Waals surface area contributed by atoms with Crippen molar-refractivity contribution in [3.05, 3.63) is 29.3 Å². The van der Waals surface area contributed by atoms with E-state index in [0.717, 1.165) is 19.1 Å². The largest absolute Gasteiger partial charge is 0.341 e. The van der Waals surface area contributed by atoms with Gasteiger partial charge in [-0.1, -0.05) is 18.5 Å². The maximum atomic E-state index is 12.7. The Balaban J connectivity index is 2.25. The molecule has 1 aliphatic heterocycles. The number of rotatable bonds is 4. The summed E-state index contributed by atoms with van der Waals surface area (Å²) in [7, 11) is -3.58. The number of benzene rings is 1. The van der Waals surface area contributed by atoms with Crippen molar-refractivity contribution in [2.75, 3.05) is 23.7 Å². The van der Waals surface area contributed by atoms with Gasteiger partial charge in [-0.05, 0) is 49.9 Å². The number of sulfonamides is 1. The monoisotopic (exact) mass is 358 g/mol. The first-order chi connectivity index (χ1) is 10.7. The summed E-state index contributed by atoms with van der Waals surface area (Å²) in [4.78, 5) is 14.5. The number of piperidine rings is 1. The van der Waals surface area contributed by atoms with Gasteiger partial charge in [0, 0.05) is 18.1 Å². The van der Waals surface area contributed by atoms with Crippen molar-refractivity contribution in [2.24, 2.45) is 5.92 Å². The van der Waals surface area contributed by atoms with Crippen LogP contribution in [0.1, 0.15) is 26.7 Å². The van der Waals surface area contributed by atoms with E-state index in [1.165, 1.54) is 4.31 Å². The standard InChI is InChI=1S/C16H23ClN2O3S/c1-12-8-10-18(11-9-12)16(20)13(2)19(23(3,21)22)15-6-4-14(17)5-7-15/h4-7,12-13H,8-11H2,1-3H3/t13-/m0/s1. The Morgan fingerprint density at radius 3 is 2.26 bits per heavy atom. The molecule has 1 aromatic carbocycles. The molecule has 0 N–H and O–H groups in total. The van der Waals surface area contributed by atoms with Crippen LogP contribution < -0.4 is 4.31 Å². The molecule has 0 aromatic heterocycles. The number of amides is 1. The molecular formula is C16H23ClN2O3S. The second kappa shape index (κ2) is 7.09. The molecule has 1 saturated heterocycles. The van der Waals surface area contributed by atoms with E-state index in [-0.39, 0.29) is 5.91 Å². The molecule has 1 atom stereocenters. The van der Waals surface area contributed by atoms with Crippen molar-refractivity contribution >= 4 is 33.2 Å². The fourth-order valence-corrected chi connectivity index (χ4v) is 4.18. The molecule has 1 aliphatic rings. The highest BCUT2D eigenvalue weighted by atomic mass is 35.5. The molecule has 128 valence electrons. The summed E-state index contributed by atoms with van der Waals surface area (Å²) in [5.74, 6) is 0.453. The Labute approximate surface area is 143 Å². The molecule has 0 spiro atoms. The van der Waals surface area contributed by atoms with Crippen molar-refractivity contribution < 1.29 is 13.2 Å². The average molecular weight is 359 g/mol. The second-order valence-electron chi connectivity index (χ2n) is 6.22. The summed E-state index contributed by atoms with van der Waals surface area (Å²) in [6.45, 7) is 5.17. The van der Waals surface area contributed by atoms with Crippen LogP contribution in [0, 0.1) is 5.92 Å². The number of nitrogens with zero attached hydrogens (tertiary/aromatic N) is 2. The lowest BCUT2D eigenvalue weighted by Gasteiger charge is -2.35. The average Bonchev–Trinajstić information content (AvgIpc) is 2.48. The zero-order chi connectivity index (χ0) is 17.2. The third-order valence-electron chi connectivity index (χ3n) is 4.24. The van der Waals surface area contributed by atoms with Crippen LogP contribution in [0.25, 0.3) is 0 Å². The summed E-state index contributed by atoms with van der Waals surface area (Å²) in [6.07, 6.45) is 3.03. The Kier molecular flexibility index (Phi) is 5.57. The lowest BCUT2D eigenvalue weighted by molar-refractivity contribution is -0.133. The molecule has 1 aromatic rings. The number of likely N-dealkylation sites (tertiary alicyclic amines) is 1. The maximum Gasteiger partial charge on any atom is 0.246 e. The minimum atomic E-state index is -3.58.